The fourth-order valence-corrected chi connectivity index (χ4v) is 2.89. The summed E-state index contributed by atoms with van der Waals surface area (Å²) in [5, 5.41) is 5.92. The smallest absolute Gasteiger partial charge is 0.318 e. The zero-order valence-corrected chi connectivity index (χ0v) is 15.4. The number of benzene rings is 1. The van der Waals surface area contributed by atoms with E-state index in [0.29, 0.717) is 25.7 Å². The summed E-state index contributed by atoms with van der Waals surface area (Å²) in [5.74, 6) is 0. The molecule has 0 fully saturated rings. The molecule has 0 bridgehead atoms. The van der Waals surface area contributed by atoms with E-state index >= 15 is 0 Å². The first-order chi connectivity index (χ1) is 11.6. The number of amides is 2. The third kappa shape index (κ3) is 5.94. The highest BCUT2D eigenvalue weighted by atomic mass is 32.1. The Balaban J connectivity index is 1.95. The Hall–Kier alpha value is -1.92. The van der Waals surface area contributed by atoms with Crippen LogP contribution in [0.15, 0.2) is 41.9 Å². The molecule has 5 nitrogen and oxygen atoms in total. The Kier molecular flexibility index (Phi) is 7.21. The van der Waals surface area contributed by atoms with Crippen molar-refractivity contribution < 1.29 is 4.79 Å². The summed E-state index contributed by atoms with van der Waals surface area (Å²) >= 11 is 1.57. The maximum absolute atomic E-state index is 12.6. The van der Waals surface area contributed by atoms with Gasteiger partial charge in [-0.05, 0) is 33.0 Å². The molecule has 6 heteroatoms. The fraction of sp³-hybridized carbons (Fsp3) is 0.444. The number of thiazole rings is 1. The van der Waals surface area contributed by atoms with E-state index in [2.05, 4.69) is 36.2 Å². The molecular formula is C18H26N4OS. The molecule has 1 atom stereocenters. The van der Waals surface area contributed by atoms with Gasteiger partial charge in [-0.2, -0.15) is 0 Å². The lowest BCUT2D eigenvalue weighted by atomic mass is 10.2. The number of carbonyl (C=O) groups is 1. The topological polar surface area (TPSA) is 48.5 Å². The van der Waals surface area contributed by atoms with Crippen LogP contribution in [0.5, 0.6) is 0 Å². The van der Waals surface area contributed by atoms with E-state index in [1.807, 2.05) is 40.6 Å². The molecule has 1 heterocycles. The van der Waals surface area contributed by atoms with E-state index in [1.54, 1.807) is 17.5 Å². The number of hydrogen-bond donors (Lipinski definition) is 1. The molecule has 0 aliphatic heterocycles. The van der Waals surface area contributed by atoms with Crippen LogP contribution in [0.1, 0.15) is 23.9 Å². The second kappa shape index (κ2) is 9.39. The van der Waals surface area contributed by atoms with Crippen LogP contribution < -0.4 is 5.32 Å². The van der Waals surface area contributed by atoms with Crippen molar-refractivity contribution in [2.75, 3.05) is 20.6 Å². The average molecular weight is 347 g/mol. The van der Waals surface area contributed by atoms with Crippen molar-refractivity contribution in [3.8, 4) is 0 Å². The number of nitrogens with one attached hydrogen (secondary N) is 1. The van der Waals surface area contributed by atoms with Gasteiger partial charge in [0.1, 0.15) is 5.01 Å². The van der Waals surface area contributed by atoms with Crippen LogP contribution in [0, 0.1) is 0 Å². The van der Waals surface area contributed by atoms with E-state index < -0.39 is 0 Å². The highest BCUT2D eigenvalue weighted by Crippen LogP contribution is 2.12. The molecule has 0 saturated heterocycles. The van der Waals surface area contributed by atoms with Crippen molar-refractivity contribution in [3.63, 3.8) is 0 Å². The van der Waals surface area contributed by atoms with Gasteiger partial charge in [-0.15, -0.1) is 11.3 Å². The second-order valence-corrected chi connectivity index (χ2v) is 7.08. The van der Waals surface area contributed by atoms with Crippen LogP contribution in [-0.2, 0) is 13.1 Å². The number of aromatic nitrogens is 1. The predicted octanol–water partition coefficient (Wildman–Crippen LogP) is 3.20. The lowest BCUT2D eigenvalue weighted by molar-refractivity contribution is 0.190. The lowest BCUT2D eigenvalue weighted by Crippen LogP contribution is -2.40. The predicted molar refractivity (Wildman–Crippen MR) is 99.0 cm³/mol. The van der Waals surface area contributed by atoms with E-state index in [9.17, 15) is 4.79 Å². The number of urea groups is 1. The minimum Gasteiger partial charge on any atom is -0.338 e. The maximum Gasteiger partial charge on any atom is 0.318 e. The first kappa shape index (κ1) is 18.4. The third-order valence-corrected chi connectivity index (χ3v) is 4.80. The normalized spacial score (nSPS) is 12.2. The van der Waals surface area contributed by atoms with Gasteiger partial charge in [0.2, 0.25) is 0 Å². The standard InChI is InChI=1S/C18H26N4OS/c1-15(21(2)3)9-10-20-18(23)22(14-17-19-11-12-24-17)13-16-7-5-4-6-8-16/h4-8,11-12,15H,9-10,13-14H2,1-3H3,(H,20,23)/t15-/m0/s1. The minimum atomic E-state index is -0.0417. The molecule has 0 aliphatic rings. The van der Waals surface area contributed by atoms with Gasteiger partial charge in [-0.3, -0.25) is 0 Å². The minimum absolute atomic E-state index is 0.0417. The van der Waals surface area contributed by atoms with Crippen molar-refractivity contribution in [2.45, 2.75) is 32.5 Å². The number of rotatable bonds is 8. The van der Waals surface area contributed by atoms with Gasteiger partial charge in [0, 0.05) is 30.7 Å². The maximum atomic E-state index is 12.6. The monoisotopic (exact) mass is 346 g/mol. The average Bonchev–Trinajstić information content (AvgIpc) is 3.08. The first-order valence-electron chi connectivity index (χ1n) is 8.17. The van der Waals surface area contributed by atoms with Gasteiger partial charge in [0.05, 0.1) is 6.54 Å². The van der Waals surface area contributed by atoms with Crippen molar-refractivity contribution in [3.05, 3.63) is 52.5 Å². The highest BCUT2D eigenvalue weighted by Gasteiger charge is 2.16. The zero-order valence-electron chi connectivity index (χ0n) is 14.6. The summed E-state index contributed by atoms with van der Waals surface area (Å²) in [5.41, 5.74) is 1.12. The molecular weight excluding hydrogens is 320 g/mol. The Labute approximate surface area is 148 Å². The van der Waals surface area contributed by atoms with Gasteiger partial charge in [-0.25, -0.2) is 9.78 Å². The molecule has 1 aromatic carbocycles. The lowest BCUT2D eigenvalue weighted by Gasteiger charge is -2.24. The molecule has 0 spiro atoms. The Morgan fingerprint density at radius 2 is 2.00 bits per heavy atom. The van der Waals surface area contributed by atoms with Crippen molar-refractivity contribution >= 4 is 17.4 Å². The summed E-state index contributed by atoms with van der Waals surface area (Å²) in [4.78, 5) is 20.9. The molecule has 130 valence electrons. The van der Waals surface area contributed by atoms with E-state index in [1.165, 1.54) is 0 Å². The SMILES string of the molecule is C[C@@H](CCNC(=O)N(Cc1ccccc1)Cc1nccs1)N(C)C. The van der Waals surface area contributed by atoms with E-state index in [0.717, 1.165) is 17.0 Å². The molecule has 1 aromatic heterocycles. The fourth-order valence-electron chi connectivity index (χ4n) is 2.26. The molecule has 0 unspecified atom stereocenters. The zero-order chi connectivity index (χ0) is 17.4. The number of nitrogens with zero attached hydrogens (tertiary/aromatic N) is 3. The van der Waals surface area contributed by atoms with Gasteiger partial charge in [0.25, 0.3) is 0 Å². The number of carbonyl (C=O) groups excluding carboxylic acids is 1. The Morgan fingerprint density at radius 1 is 1.25 bits per heavy atom. The second-order valence-electron chi connectivity index (χ2n) is 6.10. The highest BCUT2D eigenvalue weighted by molar-refractivity contribution is 7.09. The van der Waals surface area contributed by atoms with Crippen molar-refractivity contribution in [2.24, 2.45) is 0 Å². The van der Waals surface area contributed by atoms with Crippen LogP contribution >= 0.6 is 11.3 Å². The Morgan fingerprint density at radius 3 is 2.62 bits per heavy atom. The summed E-state index contributed by atoms with van der Waals surface area (Å²) in [6, 6.07) is 10.4. The Bertz CT molecular complexity index is 601. The van der Waals surface area contributed by atoms with Crippen LogP contribution in [-0.4, -0.2) is 47.5 Å². The summed E-state index contributed by atoms with van der Waals surface area (Å²) < 4.78 is 0. The molecule has 0 aliphatic carbocycles. The molecule has 0 saturated carbocycles. The van der Waals surface area contributed by atoms with Crippen LogP contribution in [0.25, 0.3) is 0 Å². The van der Waals surface area contributed by atoms with E-state index in [-0.39, 0.29) is 6.03 Å². The van der Waals surface area contributed by atoms with Gasteiger partial charge in [0.15, 0.2) is 0 Å². The quantitative estimate of drug-likeness (QED) is 0.798. The molecule has 2 rings (SSSR count). The van der Waals surface area contributed by atoms with Crippen LogP contribution in [0.2, 0.25) is 0 Å². The summed E-state index contributed by atoms with van der Waals surface area (Å²) in [6.07, 6.45) is 2.70. The molecule has 0 radical (unpaired) electrons. The first-order valence-corrected chi connectivity index (χ1v) is 9.05. The van der Waals surface area contributed by atoms with Gasteiger partial charge in [-0.1, -0.05) is 30.3 Å². The molecule has 1 N–H and O–H groups in total. The molecule has 24 heavy (non-hydrogen) atoms. The third-order valence-electron chi connectivity index (χ3n) is 4.03. The van der Waals surface area contributed by atoms with Crippen molar-refractivity contribution in [1.29, 1.82) is 0 Å². The van der Waals surface area contributed by atoms with Gasteiger partial charge >= 0.3 is 6.03 Å². The van der Waals surface area contributed by atoms with E-state index in [4.69, 9.17) is 0 Å². The van der Waals surface area contributed by atoms with Crippen LogP contribution in [0.3, 0.4) is 0 Å². The molecule has 2 amide bonds. The molecule has 2 aromatic rings. The number of hydrogen-bond acceptors (Lipinski definition) is 4. The summed E-state index contributed by atoms with van der Waals surface area (Å²) in [7, 11) is 4.10. The van der Waals surface area contributed by atoms with Crippen molar-refractivity contribution in [1.82, 2.24) is 20.1 Å². The largest absolute Gasteiger partial charge is 0.338 e. The van der Waals surface area contributed by atoms with Gasteiger partial charge < -0.3 is 15.1 Å². The van der Waals surface area contributed by atoms with Crippen LogP contribution in [0.4, 0.5) is 4.79 Å². The summed E-state index contributed by atoms with van der Waals surface area (Å²) in [6.45, 7) is 3.93.